The van der Waals surface area contributed by atoms with E-state index in [0.29, 0.717) is 18.9 Å². The molecule has 0 saturated carbocycles. The highest BCUT2D eigenvalue weighted by atomic mass is 16.2. The van der Waals surface area contributed by atoms with Gasteiger partial charge in [0.05, 0.1) is 18.7 Å². The molecule has 1 saturated heterocycles. The van der Waals surface area contributed by atoms with Crippen LogP contribution in [0, 0.1) is 5.92 Å². The molecule has 1 aliphatic rings. The fraction of sp³-hybridized carbons (Fsp3) is 0.261. The van der Waals surface area contributed by atoms with Crippen LogP contribution in [0.5, 0.6) is 0 Å². The Morgan fingerprint density at radius 3 is 2.55 bits per heavy atom. The summed E-state index contributed by atoms with van der Waals surface area (Å²) in [6.45, 7) is 3.06. The summed E-state index contributed by atoms with van der Waals surface area (Å²) in [7, 11) is 0. The molecule has 4 rings (SSSR count). The third-order valence-electron chi connectivity index (χ3n) is 5.30. The van der Waals surface area contributed by atoms with Crippen molar-refractivity contribution < 1.29 is 9.59 Å². The summed E-state index contributed by atoms with van der Waals surface area (Å²) in [5, 5.41) is 7.26. The highest BCUT2D eigenvalue weighted by Crippen LogP contribution is 2.26. The molecule has 1 atom stereocenters. The highest BCUT2D eigenvalue weighted by molar-refractivity contribution is 6.03. The van der Waals surface area contributed by atoms with E-state index in [1.165, 1.54) is 5.56 Å². The van der Waals surface area contributed by atoms with E-state index in [-0.39, 0.29) is 24.2 Å². The van der Waals surface area contributed by atoms with Crippen molar-refractivity contribution in [3.8, 4) is 0 Å². The first-order chi connectivity index (χ1) is 14.1. The molecular weight excluding hydrogens is 364 g/mol. The van der Waals surface area contributed by atoms with Crippen LogP contribution in [0.25, 0.3) is 0 Å². The molecule has 3 aromatic rings. The van der Waals surface area contributed by atoms with Gasteiger partial charge >= 0.3 is 0 Å². The van der Waals surface area contributed by atoms with Gasteiger partial charge in [-0.1, -0.05) is 49.4 Å². The SMILES string of the molecule is CCc1ccc(N2CC(C(=O)Nc3ccnn3Cc3ccccc3)CC2=O)cc1. The molecule has 1 aromatic heterocycles. The molecule has 1 unspecified atom stereocenters. The average molecular weight is 388 g/mol. The molecular formula is C23H24N4O2. The van der Waals surface area contributed by atoms with E-state index in [1.807, 2.05) is 54.6 Å². The molecule has 0 spiro atoms. The van der Waals surface area contributed by atoms with Crippen LogP contribution in [0.2, 0.25) is 0 Å². The summed E-state index contributed by atoms with van der Waals surface area (Å²) in [4.78, 5) is 27.0. The molecule has 29 heavy (non-hydrogen) atoms. The van der Waals surface area contributed by atoms with Crippen LogP contribution >= 0.6 is 0 Å². The third kappa shape index (κ3) is 4.21. The van der Waals surface area contributed by atoms with Gasteiger partial charge in [-0.25, -0.2) is 4.68 Å². The Kier molecular flexibility index (Phi) is 5.42. The topological polar surface area (TPSA) is 67.2 Å². The van der Waals surface area contributed by atoms with Crippen LogP contribution in [-0.2, 0) is 22.6 Å². The zero-order valence-electron chi connectivity index (χ0n) is 16.4. The maximum atomic E-state index is 12.8. The quantitative estimate of drug-likeness (QED) is 0.703. The number of rotatable bonds is 6. The van der Waals surface area contributed by atoms with Crippen LogP contribution in [0.15, 0.2) is 66.9 Å². The number of nitrogens with one attached hydrogen (secondary N) is 1. The van der Waals surface area contributed by atoms with Gasteiger partial charge in [0.15, 0.2) is 0 Å². The molecule has 6 heteroatoms. The van der Waals surface area contributed by atoms with Crippen LogP contribution in [0.4, 0.5) is 11.5 Å². The summed E-state index contributed by atoms with van der Waals surface area (Å²) >= 11 is 0. The van der Waals surface area contributed by atoms with Crippen molar-refractivity contribution in [1.82, 2.24) is 9.78 Å². The largest absolute Gasteiger partial charge is 0.312 e. The van der Waals surface area contributed by atoms with Crippen LogP contribution in [-0.4, -0.2) is 28.1 Å². The second-order valence-corrected chi connectivity index (χ2v) is 7.27. The molecule has 6 nitrogen and oxygen atoms in total. The Morgan fingerprint density at radius 2 is 1.83 bits per heavy atom. The zero-order chi connectivity index (χ0) is 20.2. The van der Waals surface area contributed by atoms with Crippen molar-refractivity contribution >= 4 is 23.3 Å². The maximum absolute atomic E-state index is 12.8. The van der Waals surface area contributed by atoms with E-state index in [4.69, 9.17) is 0 Å². The van der Waals surface area contributed by atoms with Crippen molar-refractivity contribution in [2.75, 3.05) is 16.8 Å². The van der Waals surface area contributed by atoms with Gasteiger partial charge in [0, 0.05) is 24.7 Å². The molecule has 1 fully saturated rings. The summed E-state index contributed by atoms with van der Waals surface area (Å²) in [5.41, 5.74) is 3.17. The molecule has 2 aromatic carbocycles. The summed E-state index contributed by atoms with van der Waals surface area (Å²) in [6.07, 6.45) is 2.84. The van der Waals surface area contributed by atoms with Crippen molar-refractivity contribution in [3.63, 3.8) is 0 Å². The van der Waals surface area contributed by atoms with Crippen molar-refractivity contribution in [2.45, 2.75) is 26.3 Å². The molecule has 1 aliphatic heterocycles. The van der Waals surface area contributed by atoms with Gasteiger partial charge in [0.2, 0.25) is 11.8 Å². The fourth-order valence-corrected chi connectivity index (χ4v) is 3.59. The molecule has 148 valence electrons. The smallest absolute Gasteiger partial charge is 0.230 e. The molecule has 0 radical (unpaired) electrons. The minimum Gasteiger partial charge on any atom is -0.312 e. The number of aryl methyl sites for hydroxylation is 1. The predicted octanol–water partition coefficient (Wildman–Crippen LogP) is 3.49. The van der Waals surface area contributed by atoms with E-state index in [0.717, 1.165) is 17.7 Å². The van der Waals surface area contributed by atoms with Crippen LogP contribution < -0.4 is 10.2 Å². The number of benzene rings is 2. The van der Waals surface area contributed by atoms with Gasteiger partial charge in [0.25, 0.3) is 0 Å². The van der Waals surface area contributed by atoms with E-state index in [2.05, 4.69) is 17.3 Å². The third-order valence-corrected chi connectivity index (χ3v) is 5.30. The van der Waals surface area contributed by atoms with Crippen molar-refractivity contribution in [2.24, 2.45) is 5.92 Å². The second kappa shape index (κ2) is 8.31. The second-order valence-electron chi connectivity index (χ2n) is 7.27. The number of carbonyl (C=O) groups excluding carboxylic acids is 2. The lowest BCUT2D eigenvalue weighted by Crippen LogP contribution is -2.28. The normalized spacial score (nSPS) is 16.2. The molecule has 2 amide bonds. The number of hydrogen-bond acceptors (Lipinski definition) is 3. The molecule has 2 heterocycles. The average Bonchev–Trinajstić information content (AvgIpc) is 3.35. The first kappa shape index (κ1) is 18.9. The Bertz CT molecular complexity index is 995. The lowest BCUT2D eigenvalue weighted by Gasteiger charge is -2.17. The Balaban J connectivity index is 1.42. The monoisotopic (exact) mass is 388 g/mol. The zero-order valence-corrected chi connectivity index (χ0v) is 16.4. The van der Waals surface area contributed by atoms with Gasteiger partial charge in [0.1, 0.15) is 5.82 Å². The van der Waals surface area contributed by atoms with Crippen molar-refractivity contribution in [3.05, 3.63) is 78.0 Å². The number of aromatic nitrogens is 2. The Labute approximate surface area is 170 Å². The number of carbonyl (C=O) groups is 2. The molecule has 1 N–H and O–H groups in total. The first-order valence-electron chi connectivity index (χ1n) is 9.90. The summed E-state index contributed by atoms with van der Waals surface area (Å²) < 4.78 is 1.76. The van der Waals surface area contributed by atoms with E-state index in [1.54, 1.807) is 21.8 Å². The highest BCUT2D eigenvalue weighted by Gasteiger charge is 2.35. The number of hydrogen-bond donors (Lipinski definition) is 1. The summed E-state index contributed by atoms with van der Waals surface area (Å²) in [6, 6.07) is 19.7. The summed E-state index contributed by atoms with van der Waals surface area (Å²) in [5.74, 6) is 0.0820. The van der Waals surface area contributed by atoms with Gasteiger partial charge in [-0.05, 0) is 29.7 Å². The first-order valence-corrected chi connectivity index (χ1v) is 9.90. The number of amides is 2. The molecule has 0 aliphatic carbocycles. The Morgan fingerprint density at radius 1 is 1.07 bits per heavy atom. The molecule has 0 bridgehead atoms. The minimum atomic E-state index is -0.381. The van der Waals surface area contributed by atoms with E-state index in [9.17, 15) is 9.59 Å². The van der Waals surface area contributed by atoms with Crippen LogP contribution in [0.1, 0.15) is 24.5 Å². The lowest BCUT2D eigenvalue weighted by atomic mass is 10.1. The minimum absolute atomic E-state index is 0.0211. The van der Waals surface area contributed by atoms with Gasteiger partial charge in [-0.2, -0.15) is 5.10 Å². The van der Waals surface area contributed by atoms with Gasteiger partial charge < -0.3 is 10.2 Å². The maximum Gasteiger partial charge on any atom is 0.230 e. The number of nitrogens with zero attached hydrogens (tertiary/aromatic N) is 3. The predicted molar refractivity (Wildman–Crippen MR) is 113 cm³/mol. The number of anilines is 2. The standard InChI is InChI=1S/C23H24N4O2/c1-2-17-8-10-20(11-9-17)26-16-19(14-22(26)28)23(29)25-21-12-13-24-27(21)15-18-6-4-3-5-7-18/h3-13,19H,2,14-16H2,1H3,(H,25,29). The van der Waals surface area contributed by atoms with Crippen LogP contribution in [0.3, 0.4) is 0 Å². The Hall–Kier alpha value is -3.41. The van der Waals surface area contributed by atoms with Gasteiger partial charge in [-0.3, -0.25) is 9.59 Å². The van der Waals surface area contributed by atoms with Crippen molar-refractivity contribution in [1.29, 1.82) is 0 Å². The fourth-order valence-electron chi connectivity index (χ4n) is 3.59. The lowest BCUT2D eigenvalue weighted by molar-refractivity contribution is -0.122. The van der Waals surface area contributed by atoms with E-state index < -0.39 is 0 Å². The van der Waals surface area contributed by atoms with Gasteiger partial charge in [-0.15, -0.1) is 0 Å². The van der Waals surface area contributed by atoms with E-state index >= 15 is 0 Å².